The minimum absolute atomic E-state index is 0.0359. The highest BCUT2D eigenvalue weighted by Crippen LogP contribution is 2.31. The van der Waals surface area contributed by atoms with Crippen LogP contribution in [0.3, 0.4) is 0 Å². The number of benzene rings is 2. The largest absolute Gasteiger partial charge is 0.465 e. The number of anilines is 4. The molecule has 0 spiro atoms. The fourth-order valence-corrected chi connectivity index (χ4v) is 4.19. The van der Waals surface area contributed by atoms with Gasteiger partial charge in [0.05, 0.1) is 23.2 Å². The average molecular weight is 521 g/mol. The molecule has 2 heterocycles. The first-order chi connectivity index (χ1) is 18.1. The molecule has 2 aromatic heterocycles. The highest BCUT2D eigenvalue weighted by Gasteiger charge is 2.24. The maximum Gasteiger partial charge on any atom is 0.404 e. The van der Waals surface area contributed by atoms with Crippen molar-refractivity contribution in [1.29, 1.82) is 5.26 Å². The number of nitrogens with one attached hydrogen (secondary N) is 3. The molecule has 38 heavy (non-hydrogen) atoms. The van der Waals surface area contributed by atoms with Gasteiger partial charge in [0.25, 0.3) is 0 Å². The number of fused-ring (bicyclic) bond motifs is 1. The molecule has 196 valence electrons. The van der Waals surface area contributed by atoms with Crippen molar-refractivity contribution >= 4 is 40.1 Å². The summed E-state index contributed by atoms with van der Waals surface area (Å²) in [5.74, 6) is -0.762. The molecule has 0 aliphatic carbocycles. The van der Waals surface area contributed by atoms with E-state index in [4.69, 9.17) is 0 Å². The third kappa shape index (κ3) is 5.41. The van der Waals surface area contributed by atoms with Crippen molar-refractivity contribution < 1.29 is 18.7 Å². The molecule has 12 heteroatoms. The molecule has 4 rings (SSSR count). The third-order valence-electron chi connectivity index (χ3n) is 5.96. The maximum atomic E-state index is 15.1. The Morgan fingerprint density at radius 2 is 1.92 bits per heavy atom. The van der Waals surface area contributed by atoms with Crippen molar-refractivity contribution in [2.45, 2.75) is 19.0 Å². The van der Waals surface area contributed by atoms with E-state index in [-0.39, 0.29) is 17.2 Å². The molecular formula is C26H26F2N8O2. The van der Waals surface area contributed by atoms with Gasteiger partial charge in [-0.2, -0.15) is 10.4 Å². The van der Waals surface area contributed by atoms with Crippen molar-refractivity contribution in [1.82, 2.24) is 20.1 Å². The van der Waals surface area contributed by atoms with Gasteiger partial charge in [-0.25, -0.2) is 18.6 Å². The Balaban J connectivity index is 1.72. The van der Waals surface area contributed by atoms with Gasteiger partial charge < -0.3 is 26.0 Å². The van der Waals surface area contributed by atoms with Crippen molar-refractivity contribution in [3.8, 4) is 6.07 Å². The lowest BCUT2D eigenvalue weighted by Gasteiger charge is -2.26. The molecule has 2 aromatic carbocycles. The lowest BCUT2D eigenvalue weighted by Crippen LogP contribution is -2.39. The van der Waals surface area contributed by atoms with Crippen LogP contribution >= 0.6 is 0 Å². The molecule has 10 nitrogen and oxygen atoms in total. The SMILES string of the molecule is C[C@H](NC(=O)O)[C@H](Nc1nc(Nc2ccc3c(c2)c(N(C)C)nn3C)c(C#N)cc1F)c1cccc(F)c1. The van der Waals surface area contributed by atoms with E-state index in [1.165, 1.54) is 18.2 Å². The Kier molecular flexibility index (Phi) is 7.29. The second-order valence-electron chi connectivity index (χ2n) is 8.94. The smallest absolute Gasteiger partial charge is 0.404 e. The van der Waals surface area contributed by atoms with Crippen LogP contribution in [0.5, 0.6) is 0 Å². The Bertz CT molecular complexity index is 1550. The summed E-state index contributed by atoms with van der Waals surface area (Å²) in [6.07, 6.45) is -1.29. The number of rotatable bonds is 8. The van der Waals surface area contributed by atoms with Gasteiger partial charge in [0.2, 0.25) is 0 Å². The number of carbonyl (C=O) groups is 1. The van der Waals surface area contributed by atoms with Crippen molar-refractivity contribution in [2.75, 3.05) is 29.6 Å². The van der Waals surface area contributed by atoms with Crippen LogP contribution in [-0.2, 0) is 7.05 Å². The molecule has 0 saturated heterocycles. The molecule has 4 N–H and O–H groups in total. The van der Waals surface area contributed by atoms with Gasteiger partial charge >= 0.3 is 6.09 Å². The molecule has 1 amide bonds. The van der Waals surface area contributed by atoms with Gasteiger partial charge in [0, 0.05) is 32.2 Å². The number of halogens is 2. The fourth-order valence-electron chi connectivity index (χ4n) is 4.19. The first-order valence-electron chi connectivity index (χ1n) is 11.6. The normalized spacial score (nSPS) is 12.4. The van der Waals surface area contributed by atoms with Crippen LogP contribution in [-0.4, -0.2) is 46.1 Å². The first kappa shape index (κ1) is 26.2. The predicted molar refractivity (Wildman–Crippen MR) is 141 cm³/mol. The van der Waals surface area contributed by atoms with Crippen LogP contribution in [0.25, 0.3) is 10.9 Å². The highest BCUT2D eigenvalue weighted by molar-refractivity contribution is 5.93. The molecule has 0 saturated carbocycles. The van der Waals surface area contributed by atoms with Gasteiger partial charge in [0.1, 0.15) is 11.9 Å². The quantitative estimate of drug-likeness (QED) is 0.262. The Morgan fingerprint density at radius 3 is 2.58 bits per heavy atom. The Hall–Kier alpha value is -4.92. The number of aromatic nitrogens is 3. The highest BCUT2D eigenvalue weighted by atomic mass is 19.1. The lowest BCUT2D eigenvalue weighted by atomic mass is 10.00. The van der Waals surface area contributed by atoms with Crippen LogP contribution in [0.4, 0.5) is 36.7 Å². The maximum absolute atomic E-state index is 15.1. The predicted octanol–water partition coefficient (Wildman–Crippen LogP) is 4.74. The van der Waals surface area contributed by atoms with Crippen molar-refractivity contribution in [3.63, 3.8) is 0 Å². The van der Waals surface area contributed by atoms with E-state index in [0.29, 0.717) is 11.3 Å². The van der Waals surface area contributed by atoms with Gasteiger partial charge in [-0.3, -0.25) is 4.68 Å². The van der Waals surface area contributed by atoms with Crippen LogP contribution in [0.1, 0.15) is 24.1 Å². The molecule has 2 atom stereocenters. The van der Waals surface area contributed by atoms with Crippen LogP contribution in [0.2, 0.25) is 0 Å². The number of hydrogen-bond acceptors (Lipinski definition) is 7. The van der Waals surface area contributed by atoms with Gasteiger partial charge in [-0.05, 0) is 48.9 Å². The second-order valence-corrected chi connectivity index (χ2v) is 8.94. The molecular weight excluding hydrogens is 494 g/mol. The van der Waals surface area contributed by atoms with E-state index in [0.717, 1.165) is 22.8 Å². The number of amides is 1. The number of carboxylic acid groups (broad SMARTS) is 1. The summed E-state index contributed by atoms with van der Waals surface area (Å²) in [6.45, 7) is 1.56. The van der Waals surface area contributed by atoms with E-state index in [1.807, 2.05) is 44.2 Å². The number of nitrogens with zero attached hydrogens (tertiary/aromatic N) is 5. The summed E-state index contributed by atoms with van der Waals surface area (Å²) < 4.78 is 30.8. The first-order valence-corrected chi connectivity index (χ1v) is 11.6. The number of nitriles is 1. The van der Waals surface area contributed by atoms with Gasteiger partial charge in [-0.1, -0.05) is 12.1 Å². The summed E-state index contributed by atoms with van der Waals surface area (Å²) in [5, 5.41) is 32.5. The summed E-state index contributed by atoms with van der Waals surface area (Å²) in [7, 11) is 5.60. The summed E-state index contributed by atoms with van der Waals surface area (Å²) >= 11 is 0. The topological polar surface area (TPSA) is 131 Å². The molecule has 0 aliphatic heterocycles. The number of hydrogen-bond donors (Lipinski definition) is 4. The Morgan fingerprint density at radius 1 is 1.16 bits per heavy atom. The van der Waals surface area contributed by atoms with E-state index < -0.39 is 29.8 Å². The molecule has 0 radical (unpaired) electrons. The number of pyridine rings is 1. The summed E-state index contributed by atoms with van der Waals surface area (Å²) in [4.78, 5) is 17.5. The molecule has 4 aromatic rings. The zero-order chi connectivity index (χ0) is 27.6. The third-order valence-corrected chi connectivity index (χ3v) is 5.96. The fraction of sp³-hybridized carbons (Fsp3) is 0.231. The zero-order valence-corrected chi connectivity index (χ0v) is 21.1. The second kappa shape index (κ2) is 10.6. The van der Waals surface area contributed by atoms with Crippen molar-refractivity contribution in [2.24, 2.45) is 7.05 Å². The van der Waals surface area contributed by atoms with Gasteiger partial charge in [0.15, 0.2) is 23.3 Å². The number of aryl methyl sites for hydroxylation is 1. The minimum Gasteiger partial charge on any atom is -0.465 e. The monoisotopic (exact) mass is 520 g/mol. The summed E-state index contributed by atoms with van der Waals surface area (Å²) in [5.41, 5.74) is 1.83. The van der Waals surface area contributed by atoms with E-state index in [1.54, 1.807) is 23.7 Å². The zero-order valence-electron chi connectivity index (χ0n) is 21.1. The molecule has 0 aliphatic rings. The Labute approximate surface area is 217 Å². The van der Waals surface area contributed by atoms with E-state index in [2.05, 4.69) is 26.0 Å². The molecule has 0 fully saturated rings. The summed E-state index contributed by atoms with van der Waals surface area (Å²) in [6, 6.07) is 12.3. The van der Waals surface area contributed by atoms with Crippen LogP contribution in [0.15, 0.2) is 48.5 Å². The van der Waals surface area contributed by atoms with E-state index in [9.17, 15) is 19.6 Å². The van der Waals surface area contributed by atoms with Gasteiger partial charge in [-0.15, -0.1) is 0 Å². The van der Waals surface area contributed by atoms with E-state index >= 15 is 4.39 Å². The van der Waals surface area contributed by atoms with Crippen molar-refractivity contribution in [3.05, 3.63) is 71.3 Å². The van der Waals surface area contributed by atoms with Crippen LogP contribution in [0, 0.1) is 23.0 Å². The molecule has 0 unspecified atom stereocenters. The average Bonchev–Trinajstić information content (AvgIpc) is 3.19. The lowest BCUT2D eigenvalue weighted by molar-refractivity contribution is 0.189. The minimum atomic E-state index is -1.29. The standard InChI is InChI=1S/C26H26F2N8O2/c1-14(30-26(37)38)22(15-6-5-7-17(27)10-15)32-24-20(28)11-16(13-29)23(33-24)31-18-8-9-21-19(12-18)25(35(2)3)34-36(21)4/h5-12,14,22,30H,1-4H3,(H,37,38)(H2,31,32,33)/t14-,22-/m0/s1. The van der Waals surface area contributed by atoms with Crippen LogP contribution < -0.4 is 20.9 Å². The molecule has 0 bridgehead atoms.